The van der Waals surface area contributed by atoms with Gasteiger partial charge in [-0.15, -0.1) is 0 Å². The summed E-state index contributed by atoms with van der Waals surface area (Å²) in [5, 5.41) is 0.833. The summed E-state index contributed by atoms with van der Waals surface area (Å²) in [5.74, 6) is 0.0370. The standard InChI is InChI=1S/C8H11N3OS/c1-5-6(4-9)7(12)11-3-2-10-8(11)13-5/h2-4,9H2,1H3. The van der Waals surface area contributed by atoms with Gasteiger partial charge in [0.25, 0.3) is 5.91 Å². The molecule has 2 aliphatic rings. The van der Waals surface area contributed by atoms with E-state index in [9.17, 15) is 4.79 Å². The van der Waals surface area contributed by atoms with E-state index < -0.39 is 0 Å². The molecule has 0 aliphatic carbocycles. The van der Waals surface area contributed by atoms with Crippen molar-refractivity contribution in [2.45, 2.75) is 6.92 Å². The lowest BCUT2D eigenvalue weighted by Gasteiger charge is -2.25. The fourth-order valence-corrected chi connectivity index (χ4v) is 2.45. The molecule has 2 aliphatic heterocycles. The van der Waals surface area contributed by atoms with E-state index in [1.54, 1.807) is 16.7 Å². The molecule has 13 heavy (non-hydrogen) atoms. The number of nitrogens with two attached hydrogens (primary N) is 1. The lowest BCUT2D eigenvalue weighted by atomic mass is 10.2. The third-order valence-electron chi connectivity index (χ3n) is 2.18. The molecule has 0 radical (unpaired) electrons. The highest BCUT2D eigenvalue weighted by Gasteiger charge is 2.32. The second-order valence-electron chi connectivity index (χ2n) is 2.96. The number of hydrogen-bond donors (Lipinski definition) is 1. The summed E-state index contributed by atoms with van der Waals surface area (Å²) in [5.41, 5.74) is 6.24. The number of amides is 1. The van der Waals surface area contributed by atoms with Crippen LogP contribution in [-0.2, 0) is 4.79 Å². The Morgan fingerprint density at radius 1 is 1.69 bits per heavy atom. The molecule has 4 nitrogen and oxygen atoms in total. The van der Waals surface area contributed by atoms with Crippen molar-refractivity contribution in [1.29, 1.82) is 0 Å². The van der Waals surface area contributed by atoms with Crippen LogP contribution in [0.4, 0.5) is 0 Å². The normalized spacial score (nSPS) is 22.2. The van der Waals surface area contributed by atoms with E-state index in [-0.39, 0.29) is 5.91 Å². The summed E-state index contributed by atoms with van der Waals surface area (Å²) < 4.78 is 0. The Morgan fingerprint density at radius 2 is 2.46 bits per heavy atom. The zero-order valence-electron chi connectivity index (χ0n) is 7.41. The molecule has 1 amide bonds. The molecule has 5 heteroatoms. The van der Waals surface area contributed by atoms with Crippen molar-refractivity contribution in [3.63, 3.8) is 0 Å². The van der Waals surface area contributed by atoms with Gasteiger partial charge in [-0.2, -0.15) is 0 Å². The zero-order valence-corrected chi connectivity index (χ0v) is 8.23. The predicted octanol–water partition coefficient (Wildman–Crippen LogP) is 0.164. The lowest BCUT2D eigenvalue weighted by molar-refractivity contribution is -0.123. The largest absolute Gasteiger partial charge is 0.326 e. The topological polar surface area (TPSA) is 58.7 Å². The van der Waals surface area contributed by atoms with E-state index in [2.05, 4.69) is 4.99 Å². The van der Waals surface area contributed by atoms with Crippen LogP contribution in [0.5, 0.6) is 0 Å². The minimum absolute atomic E-state index is 0.0370. The number of thioether (sulfide) groups is 1. The van der Waals surface area contributed by atoms with E-state index in [4.69, 9.17) is 5.73 Å². The van der Waals surface area contributed by atoms with Gasteiger partial charge in [-0.1, -0.05) is 11.8 Å². The molecule has 2 heterocycles. The van der Waals surface area contributed by atoms with Crippen LogP contribution in [0.1, 0.15) is 6.92 Å². The summed E-state index contributed by atoms with van der Waals surface area (Å²) in [6, 6.07) is 0. The van der Waals surface area contributed by atoms with Gasteiger partial charge < -0.3 is 5.73 Å². The van der Waals surface area contributed by atoms with Crippen LogP contribution in [0.2, 0.25) is 0 Å². The average Bonchev–Trinajstić information content (AvgIpc) is 2.53. The number of carbonyl (C=O) groups is 1. The number of aliphatic imine (C=N–C) groups is 1. The number of nitrogens with zero attached hydrogens (tertiary/aromatic N) is 2. The highest BCUT2D eigenvalue weighted by Crippen LogP contribution is 2.31. The number of rotatable bonds is 1. The van der Waals surface area contributed by atoms with Gasteiger partial charge in [0.15, 0.2) is 5.17 Å². The van der Waals surface area contributed by atoms with E-state index in [0.717, 1.165) is 22.2 Å². The molecular formula is C8H11N3OS. The summed E-state index contributed by atoms with van der Waals surface area (Å²) in [6.07, 6.45) is 0. The maximum absolute atomic E-state index is 11.7. The molecule has 0 unspecified atom stereocenters. The Bertz CT molecular complexity index is 321. The molecule has 0 bridgehead atoms. The van der Waals surface area contributed by atoms with Crippen LogP contribution in [0.15, 0.2) is 15.5 Å². The number of carbonyl (C=O) groups excluding carboxylic acids is 1. The summed E-state index contributed by atoms with van der Waals surface area (Å²) in [7, 11) is 0. The van der Waals surface area contributed by atoms with Crippen molar-refractivity contribution < 1.29 is 4.79 Å². The first-order valence-electron chi connectivity index (χ1n) is 4.18. The van der Waals surface area contributed by atoms with Crippen molar-refractivity contribution >= 4 is 22.8 Å². The molecule has 0 atom stereocenters. The van der Waals surface area contributed by atoms with Crippen LogP contribution in [0.25, 0.3) is 0 Å². The van der Waals surface area contributed by atoms with E-state index in [1.165, 1.54) is 0 Å². The minimum Gasteiger partial charge on any atom is -0.326 e. The third kappa shape index (κ3) is 1.28. The molecule has 70 valence electrons. The van der Waals surface area contributed by atoms with Crippen molar-refractivity contribution in [2.24, 2.45) is 10.7 Å². The van der Waals surface area contributed by atoms with E-state index in [1.807, 2.05) is 6.92 Å². The molecule has 0 aromatic heterocycles. The van der Waals surface area contributed by atoms with E-state index >= 15 is 0 Å². The van der Waals surface area contributed by atoms with Gasteiger partial charge in [-0.05, 0) is 11.8 Å². The minimum atomic E-state index is 0.0370. The van der Waals surface area contributed by atoms with Crippen molar-refractivity contribution in [3.8, 4) is 0 Å². The molecule has 0 aromatic carbocycles. The summed E-state index contributed by atoms with van der Waals surface area (Å²) in [4.78, 5) is 18.7. The molecule has 2 N–H and O–H groups in total. The Labute approximate surface area is 80.9 Å². The molecule has 0 aromatic rings. The molecule has 0 fully saturated rings. The fraction of sp³-hybridized carbons (Fsp3) is 0.500. The van der Waals surface area contributed by atoms with Crippen molar-refractivity contribution in [2.75, 3.05) is 19.6 Å². The maximum atomic E-state index is 11.7. The van der Waals surface area contributed by atoms with Gasteiger partial charge in [-0.25, -0.2) is 0 Å². The summed E-state index contributed by atoms with van der Waals surface area (Å²) in [6.45, 7) is 3.67. The smallest absolute Gasteiger partial charge is 0.257 e. The lowest BCUT2D eigenvalue weighted by Crippen LogP contribution is -2.38. The number of amidine groups is 1. The first-order valence-corrected chi connectivity index (χ1v) is 4.99. The van der Waals surface area contributed by atoms with Gasteiger partial charge in [0, 0.05) is 18.7 Å². The highest BCUT2D eigenvalue weighted by atomic mass is 32.2. The Balaban J connectivity index is 2.37. The van der Waals surface area contributed by atoms with Gasteiger partial charge in [0.05, 0.1) is 6.54 Å². The monoisotopic (exact) mass is 197 g/mol. The van der Waals surface area contributed by atoms with Gasteiger partial charge in [-0.3, -0.25) is 14.7 Å². The quantitative estimate of drug-likeness (QED) is 0.651. The predicted molar refractivity (Wildman–Crippen MR) is 53.4 cm³/mol. The first kappa shape index (κ1) is 8.77. The van der Waals surface area contributed by atoms with Crippen LogP contribution in [0.3, 0.4) is 0 Å². The fourth-order valence-electron chi connectivity index (χ4n) is 1.45. The first-order chi connectivity index (χ1) is 6.24. The average molecular weight is 197 g/mol. The number of fused-ring (bicyclic) bond motifs is 1. The van der Waals surface area contributed by atoms with Gasteiger partial charge in [0.2, 0.25) is 0 Å². The third-order valence-corrected chi connectivity index (χ3v) is 3.26. The Kier molecular flexibility index (Phi) is 2.13. The van der Waals surface area contributed by atoms with Crippen molar-refractivity contribution in [1.82, 2.24) is 4.90 Å². The zero-order chi connectivity index (χ0) is 9.42. The molecule has 0 saturated carbocycles. The second kappa shape index (κ2) is 3.16. The Morgan fingerprint density at radius 3 is 3.15 bits per heavy atom. The van der Waals surface area contributed by atoms with Crippen LogP contribution >= 0.6 is 11.8 Å². The molecular weight excluding hydrogens is 186 g/mol. The molecule has 2 rings (SSSR count). The Hall–Kier alpha value is -0.810. The molecule has 0 spiro atoms. The maximum Gasteiger partial charge on any atom is 0.257 e. The number of hydrogen-bond acceptors (Lipinski definition) is 4. The number of allylic oxidation sites excluding steroid dienone is 1. The van der Waals surface area contributed by atoms with Crippen molar-refractivity contribution in [3.05, 3.63) is 10.5 Å². The summed E-state index contributed by atoms with van der Waals surface area (Å²) >= 11 is 1.55. The van der Waals surface area contributed by atoms with Crippen LogP contribution in [-0.4, -0.2) is 35.6 Å². The van der Waals surface area contributed by atoms with Crippen LogP contribution in [0, 0.1) is 0 Å². The van der Waals surface area contributed by atoms with Gasteiger partial charge >= 0.3 is 0 Å². The second-order valence-corrected chi connectivity index (χ2v) is 4.14. The van der Waals surface area contributed by atoms with Crippen LogP contribution < -0.4 is 5.73 Å². The molecule has 0 saturated heterocycles. The van der Waals surface area contributed by atoms with Gasteiger partial charge in [0.1, 0.15) is 0 Å². The SMILES string of the molecule is CC1=C(CN)C(=O)N2CCN=C2S1. The highest BCUT2D eigenvalue weighted by molar-refractivity contribution is 8.17. The van der Waals surface area contributed by atoms with E-state index in [0.29, 0.717) is 13.1 Å².